The number of allylic oxidation sites excluding steroid dienone is 2. The van der Waals surface area contributed by atoms with E-state index in [0.717, 1.165) is 17.9 Å². The van der Waals surface area contributed by atoms with Gasteiger partial charge in [0.2, 0.25) is 0 Å². The number of methoxy groups -OCH3 is 2. The summed E-state index contributed by atoms with van der Waals surface area (Å²) in [5.74, 6) is 2.34. The molecule has 0 aliphatic rings. The normalized spacial score (nSPS) is 11.8. The molecule has 0 fully saturated rings. The van der Waals surface area contributed by atoms with Gasteiger partial charge >= 0.3 is 0 Å². The summed E-state index contributed by atoms with van der Waals surface area (Å²) in [7, 11) is 3.38. The summed E-state index contributed by atoms with van der Waals surface area (Å²) in [5.41, 5.74) is 3.85. The van der Waals surface area contributed by atoms with Crippen LogP contribution in [0.4, 0.5) is 0 Å². The van der Waals surface area contributed by atoms with Crippen molar-refractivity contribution in [2.45, 2.75) is 34.1 Å². The second kappa shape index (κ2) is 6.48. The third-order valence-electron chi connectivity index (χ3n) is 3.40. The molecule has 18 heavy (non-hydrogen) atoms. The Bertz CT molecular complexity index is 431. The van der Waals surface area contributed by atoms with Gasteiger partial charge < -0.3 is 9.47 Å². The molecule has 0 aliphatic heterocycles. The van der Waals surface area contributed by atoms with Gasteiger partial charge in [-0.3, -0.25) is 0 Å². The minimum atomic E-state index is 0.592. The zero-order valence-electron chi connectivity index (χ0n) is 12.3. The van der Waals surface area contributed by atoms with Crippen molar-refractivity contribution in [3.05, 3.63) is 34.9 Å². The van der Waals surface area contributed by atoms with E-state index < -0.39 is 0 Å². The Kier molecular flexibility index (Phi) is 5.26. The van der Waals surface area contributed by atoms with Gasteiger partial charge in [0.15, 0.2) is 0 Å². The van der Waals surface area contributed by atoms with E-state index in [0.29, 0.717) is 5.92 Å². The van der Waals surface area contributed by atoms with Crippen LogP contribution in [0.3, 0.4) is 0 Å². The van der Waals surface area contributed by atoms with Crippen LogP contribution < -0.4 is 9.47 Å². The molecular formula is C16H24O2. The number of hydrogen-bond acceptors (Lipinski definition) is 2. The van der Waals surface area contributed by atoms with Crippen LogP contribution in [0.15, 0.2) is 23.8 Å². The SMILES string of the molecule is COc1cc(C)c(C/C=C(/C)C(C)C)c(OC)c1. The minimum absolute atomic E-state index is 0.592. The molecule has 100 valence electrons. The molecule has 0 amide bonds. The van der Waals surface area contributed by atoms with Gasteiger partial charge in [0.25, 0.3) is 0 Å². The van der Waals surface area contributed by atoms with Crippen molar-refractivity contribution < 1.29 is 9.47 Å². The van der Waals surface area contributed by atoms with Gasteiger partial charge in [-0.2, -0.15) is 0 Å². The number of benzene rings is 1. The van der Waals surface area contributed by atoms with Crippen LogP contribution in [0.2, 0.25) is 0 Å². The molecular weight excluding hydrogens is 224 g/mol. The maximum Gasteiger partial charge on any atom is 0.126 e. The number of rotatable bonds is 5. The molecule has 0 radical (unpaired) electrons. The quantitative estimate of drug-likeness (QED) is 0.728. The van der Waals surface area contributed by atoms with Crippen molar-refractivity contribution in [3.8, 4) is 11.5 Å². The lowest BCUT2D eigenvalue weighted by Gasteiger charge is -2.13. The van der Waals surface area contributed by atoms with E-state index in [9.17, 15) is 0 Å². The van der Waals surface area contributed by atoms with Crippen molar-refractivity contribution in [3.63, 3.8) is 0 Å². The van der Waals surface area contributed by atoms with Gasteiger partial charge in [-0.1, -0.05) is 25.5 Å². The van der Waals surface area contributed by atoms with E-state index in [-0.39, 0.29) is 0 Å². The molecule has 1 aromatic rings. The van der Waals surface area contributed by atoms with Crippen LogP contribution in [-0.2, 0) is 6.42 Å². The van der Waals surface area contributed by atoms with Gasteiger partial charge in [0, 0.05) is 11.6 Å². The van der Waals surface area contributed by atoms with Crippen LogP contribution in [0.1, 0.15) is 31.9 Å². The first-order chi connectivity index (χ1) is 8.49. The Morgan fingerprint density at radius 3 is 2.39 bits per heavy atom. The second-order valence-electron chi connectivity index (χ2n) is 4.93. The highest BCUT2D eigenvalue weighted by molar-refractivity contribution is 5.47. The molecule has 0 unspecified atom stereocenters. The first-order valence-electron chi connectivity index (χ1n) is 6.37. The minimum Gasteiger partial charge on any atom is -0.497 e. The summed E-state index contributed by atoms with van der Waals surface area (Å²) in [4.78, 5) is 0. The van der Waals surface area contributed by atoms with Crippen LogP contribution >= 0.6 is 0 Å². The van der Waals surface area contributed by atoms with Gasteiger partial charge in [-0.15, -0.1) is 0 Å². The molecule has 2 nitrogen and oxygen atoms in total. The fourth-order valence-corrected chi connectivity index (χ4v) is 1.81. The number of hydrogen-bond donors (Lipinski definition) is 0. The average Bonchev–Trinajstić information content (AvgIpc) is 2.35. The van der Waals surface area contributed by atoms with Crippen LogP contribution in [-0.4, -0.2) is 14.2 Å². The molecule has 0 spiro atoms. The van der Waals surface area contributed by atoms with E-state index in [1.54, 1.807) is 14.2 Å². The molecule has 1 rings (SSSR count). The van der Waals surface area contributed by atoms with E-state index in [4.69, 9.17) is 9.47 Å². The summed E-state index contributed by atoms with van der Waals surface area (Å²) in [6.45, 7) is 8.70. The van der Waals surface area contributed by atoms with Crippen molar-refractivity contribution in [1.29, 1.82) is 0 Å². The van der Waals surface area contributed by atoms with Crippen LogP contribution in [0.5, 0.6) is 11.5 Å². The molecule has 0 N–H and O–H groups in total. The van der Waals surface area contributed by atoms with E-state index in [1.807, 2.05) is 6.07 Å². The standard InChI is InChI=1S/C16H24O2/c1-11(2)12(3)7-8-15-13(4)9-14(17-5)10-16(15)18-6/h7,9-11H,8H2,1-6H3/b12-7-. The number of aryl methyl sites for hydroxylation is 1. The molecule has 0 aliphatic carbocycles. The molecule has 0 aromatic heterocycles. The lowest BCUT2D eigenvalue weighted by atomic mass is 9.99. The third kappa shape index (κ3) is 3.52. The van der Waals surface area contributed by atoms with Gasteiger partial charge in [0.05, 0.1) is 14.2 Å². The van der Waals surface area contributed by atoms with Gasteiger partial charge in [-0.25, -0.2) is 0 Å². The Morgan fingerprint density at radius 2 is 1.89 bits per heavy atom. The van der Waals surface area contributed by atoms with E-state index >= 15 is 0 Å². The molecule has 0 heterocycles. The fraction of sp³-hybridized carbons (Fsp3) is 0.500. The lowest BCUT2D eigenvalue weighted by molar-refractivity contribution is 0.391. The van der Waals surface area contributed by atoms with Crippen molar-refractivity contribution in [2.24, 2.45) is 5.92 Å². The Morgan fingerprint density at radius 1 is 1.22 bits per heavy atom. The Balaban J connectivity index is 3.05. The van der Waals surface area contributed by atoms with E-state index in [1.165, 1.54) is 16.7 Å². The molecule has 2 heteroatoms. The highest BCUT2D eigenvalue weighted by atomic mass is 16.5. The number of ether oxygens (including phenoxy) is 2. The molecule has 0 bridgehead atoms. The zero-order valence-corrected chi connectivity index (χ0v) is 12.3. The molecule has 0 saturated carbocycles. The Labute approximate surface area is 111 Å². The molecule has 0 saturated heterocycles. The maximum atomic E-state index is 5.45. The highest BCUT2D eigenvalue weighted by Crippen LogP contribution is 2.29. The smallest absolute Gasteiger partial charge is 0.126 e. The van der Waals surface area contributed by atoms with Crippen LogP contribution in [0, 0.1) is 12.8 Å². The largest absolute Gasteiger partial charge is 0.497 e. The van der Waals surface area contributed by atoms with Crippen molar-refractivity contribution in [2.75, 3.05) is 14.2 Å². The van der Waals surface area contributed by atoms with Gasteiger partial charge in [0.1, 0.15) is 11.5 Å². The summed E-state index contributed by atoms with van der Waals surface area (Å²) in [6, 6.07) is 4.00. The first kappa shape index (κ1) is 14.6. The highest BCUT2D eigenvalue weighted by Gasteiger charge is 2.08. The topological polar surface area (TPSA) is 18.5 Å². The monoisotopic (exact) mass is 248 g/mol. The maximum absolute atomic E-state index is 5.45. The molecule has 0 atom stereocenters. The predicted molar refractivity (Wildman–Crippen MR) is 76.6 cm³/mol. The summed E-state index contributed by atoms with van der Waals surface area (Å²) >= 11 is 0. The average molecular weight is 248 g/mol. The van der Waals surface area contributed by atoms with Crippen molar-refractivity contribution >= 4 is 0 Å². The summed E-state index contributed by atoms with van der Waals surface area (Å²) in [6.07, 6.45) is 3.19. The fourth-order valence-electron chi connectivity index (χ4n) is 1.81. The first-order valence-corrected chi connectivity index (χ1v) is 6.37. The second-order valence-corrected chi connectivity index (χ2v) is 4.93. The zero-order chi connectivity index (χ0) is 13.7. The summed E-state index contributed by atoms with van der Waals surface area (Å²) in [5, 5.41) is 0. The lowest BCUT2D eigenvalue weighted by Crippen LogP contribution is -1.97. The van der Waals surface area contributed by atoms with Crippen LogP contribution in [0.25, 0.3) is 0 Å². The van der Waals surface area contributed by atoms with E-state index in [2.05, 4.69) is 39.8 Å². The Hall–Kier alpha value is -1.44. The third-order valence-corrected chi connectivity index (χ3v) is 3.40. The molecule has 1 aromatic carbocycles. The van der Waals surface area contributed by atoms with Gasteiger partial charge in [-0.05, 0) is 37.8 Å². The van der Waals surface area contributed by atoms with Crippen molar-refractivity contribution in [1.82, 2.24) is 0 Å². The predicted octanol–water partition coefficient (Wildman–Crippen LogP) is 4.16. The summed E-state index contributed by atoms with van der Waals surface area (Å²) < 4.78 is 10.7.